The number of aromatic nitrogens is 3. The van der Waals surface area contributed by atoms with Gasteiger partial charge in [-0.1, -0.05) is 41.9 Å². The second-order valence-corrected chi connectivity index (χ2v) is 7.36. The standard InChI is InChI=1S/C23H19ClN4O/c24-19-9-3-1-7-17(19)21-15-28(12-13-29-21)23-18-8-2-4-10-20(18)26-22(27-23)16-6-5-11-25-14-16/h1-11,14,21H,12-13,15H2. The van der Waals surface area contributed by atoms with Crippen molar-refractivity contribution in [3.8, 4) is 11.4 Å². The molecule has 4 aromatic rings. The molecule has 1 fully saturated rings. The first-order valence-electron chi connectivity index (χ1n) is 9.58. The molecule has 3 heterocycles. The minimum Gasteiger partial charge on any atom is -0.370 e. The molecule has 1 unspecified atom stereocenters. The van der Waals surface area contributed by atoms with E-state index >= 15 is 0 Å². The summed E-state index contributed by atoms with van der Waals surface area (Å²) in [6, 6.07) is 19.8. The summed E-state index contributed by atoms with van der Waals surface area (Å²) in [5.74, 6) is 1.59. The third-order valence-corrected chi connectivity index (χ3v) is 5.47. The van der Waals surface area contributed by atoms with E-state index in [4.69, 9.17) is 26.3 Å². The molecular formula is C23H19ClN4O. The van der Waals surface area contributed by atoms with Crippen molar-refractivity contribution in [2.75, 3.05) is 24.6 Å². The Kier molecular flexibility index (Phi) is 4.84. The van der Waals surface area contributed by atoms with Crippen LogP contribution < -0.4 is 4.90 Å². The molecular weight excluding hydrogens is 384 g/mol. The van der Waals surface area contributed by atoms with E-state index in [1.807, 2.05) is 54.6 Å². The average molecular weight is 403 g/mol. The summed E-state index contributed by atoms with van der Waals surface area (Å²) in [5, 5.41) is 1.75. The Balaban J connectivity index is 1.58. The summed E-state index contributed by atoms with van der Waals surface area (Å²) in [6.07, 6.45) is 3.44. The fourth-order valence-electron chi connectivity index (χ4n) is 3.69. The van der Waals surface area contributed by atoms with Crippen molar-refractivity contribution in [3.05, 3.63) is 83.6 Å². The van der Waals surface area contributed by atoms with Gasteiger partial charge in [0.25, 0.3) is 0 Å². The molecule has 1 aliphatic heterocycles. The van der Waals surface area contributed by atoms with Gasteiger partial charge in [-0.25, -0.2) is 9.97 Å². The zero-order chi connectivity index (χ0) is 19.6. The molecule has 6 heteroatoms. The highest BCUT2D eigenvalue weighted by Crippen LogP contribution is 2.33. The lowest BCUT2D eigenvalue weighted by molar-refractivity contribution is 0.0397. The van der Waals surface area contributed by atoms with Crippen molar-refractivity contribution in [2.45, 2.75) is 6.10 Å². The maximum atomic E-state index is 6.42. The summed E-state index contributed by atoms with van der Waals surface area (Å²) in [6.45, 7) is 2.04. The second kappa shape index (κ2) is 7.78. The number of rotatable bonds is 3. The van der Waals surface area contributed by atoms with Crippen molar-refractivity contribution in [2.24, 2.45) is 0 Å². The van der Waals surface area contributed by atoms with Crippen molar-refractivity contribution < 1.29 is 4.74 Å². The molecule has 1 aliphatic rings. The zero-order valence-electron chi connectivity index (χ0n) is 15.7. The van der Waals surface area contributed by atoms with Gasteiger partial charge in [-0.3, -0.25) is 4.98 Å². The Bertz CT molecular complexity index is 1150. The Hall–Kier alpha value is -3.02. The molecule has 0 saturated carbocycles. The van der Waals surface area contributed by atoms with E-state index in [1.165, 1.54) is 0 Å². The highest BCUT2D eigenvalue weighted by atomic mass is 35.5. The van der Waals surface area contributed by atoms with Crippen LogP contribution in [0.5, 0.6) is 0 Å². The topological polar surface area (TPSA) is 51.1 Å². The zero-order valence-corrected chi connectivity index (χ0v) is 16.5. The van der Waals surface area contributed by atoms with Crippen LogP contribution >= 0.6 is 11.6 Å². The Morgan fingerprint density at radius 2 is 1.83 bits per heavy atom. The number of para-hydroxylation sites is 1. The van der Waals surface area contributed by atoms with Crippen LogP contribution in [-0.2, 0) is 4.74 Å². The van der Waals surface area contributed by atoms with Crippen LogP contribution in [0.15, 0.2) is 73.1 Å². The molecule has 2 aromatic heterocycles. The lowest BCUT2D eigenvalue weighted by atomic mass is 10.1. The first kappa shape index (κ1) is 18.0. The molecule has 1 saturated heterocycles. The smallest absolute Gasteiger partial charge is 0.163 e. The molecule has 144 valence electrons. The molecule has 0 bridgehead atoms. The molecule has 1 atom stereocenters. The quantitative estimate of drug-likeness (QED) is 0.486. The van der Waals surface area contributed by atoms with Crippen LogP contribution in [0.3, 0.4) is 0 Å². The van der Waals surface area contributed by atoms with Crippen LogP contribution in [0.4, 0.5) is 5.82 Å². The molecule has 5 nitrogen and oxygen atoms in total. The number of pyridine rings is 1. The van der Waals surface area contributed by atoms with E-state index in [1.54, 1.807) is 12.4 Å². The summed E-state index contributed by atoms with van der Waals surface area (Å²) >= 11 is 6.42. The minimum absolute atomic E-state index is 0.104. The van der Waals surface area contributed by atoms with E-state index in [0.717, 1.165) is 39.4 Å². The number of hydrogen-bond donors (Lipinski definition) is 0. The van der Waals surface area contributed by atoms with E-state index in [0.29, 0.717) is 19.0 Å². The summed E-state index contributed by atoms with van der Waals surface area (Å²) < 4.78 is 6.04. The number of morpholine rings is 1. The van der Waals surface area contributed by atoms with E-state index in [-0.39, 0.29) is 6.10 Å². The molecule has 29 heavy (non-hydrogen) atoms. The lowest BCUT2D eigenvalue weighted by Gasteiger charge is -2.35. The number of fused-ring (bicyclic) bond motifs is 1. The second-order valence-electron chi connectivity index (χ2n) is 6.96. The van der Waals surface area contributed by atoms with Gasteiger partial charge in [0.05, 0.1) is 12.1 Å². The summed E-state index contributed by atoms with van der Waals surface area (Å²) in [5.41, 5.74) is 2.82. The average Bonchev–Trinajstić information content (AvgIpc) is 2.79. The van der Waals surface area contributed by atoms with Gasteiger partial charge in [0.15, 0.2) is 5.82 Å². The first-order chi connectivity index (χ1) is 14.3. The van der Waals surface area contributed by atoms with Gasteiger partial charge in [-0.15, -0.1) is 0 Å². The highest BCUT2D eigenvalue weighted by molar-refractivity contribution is 6.31. The number of nitrogens with zero attached hydrogens (tertiary/aromatic N) is 4. The van der Waals surface area contributed by atoms with Crippen molar-refractivity contribution >= 4 is 28.3 Å². The maximum Gasteiger partial charge on any atom is 0.163 e. The van der Waals surface area contributed by atoms with Gasteiger partial charge in [0.2, 0.25) is 0 Å². The van der Waals surface area contributed by atoms with Crippen LogP contribution in [0.1, 0.15) is 11.7 Å². The number of benzene rings is 2. The Labute approximate surface area is 174 Å². The Morgan fingerprint density at radius 3 is 2.69 bits per heavy atom. The van der Waals surface area contributed by atoms with Gasteiger partial charge in [0.1, 0.15) is 11.9 Å². The molecule has 5 rings (SSSR count). The van der Waals surface area contributed by atoms with Crippen molar-refractivity contribution in [3.63, 3.8) is 0 Å². The number of anilines is 1. The number of halogens is 1. The van der Waals surface area contributed by atoms with Crippen molar-refractivity contribution in [1.82, 2.24) is 15.0 Å². The molecule has 0 amide bonds. The minimum atomic E-state index is -0.104. The Morgan fingerprint density at radius 1 is 0.966 bits per heavy atom. The van der Waals surface area contributed by atoms with Gasteiger partial charge in [-0.2, -0.15) is 0 Å². The van der Waals surface area contributed by atoms with Gasteiger partial charge in [0, 0.05) is 47.0 Å². The van der Waals surface area contributed by atoms with Crippen LogP contribution in [0.25, 0.3) is 22.3 Å². The fraction of sp³-hybridized carbons (Fsp3) is 0.174. The van der Waals surface area contributed by atoms with E-state index in [9.17, 15) is 0 Å². The van der Waals surface area contributed by atoms with Crippen LogP contribution in [0, 0.1) is 0 Å². The van der Waals surface area contributed by atoms with Gasteiger partial charge >= 0.3 is 0 Å². The number of hydrogen-bond acceptors (Lipinski definition) is 5. The summed E-state index contributed by atoms with van der Waals surface area (Å²) in [4.78, 5) is 16.2. The molecule has 0 N–H and O–H groups in total. The predicted molar refractivity (Wildman–Crippen MR) is 115 cm³/mol. The predicted octanol–water partition coefficient (Wildman–Crippen LogP) is 4.92. The fourth-order valence-corrected chi connectivity index (χ4v) is 3.95. The van der Waals surface area contributed by atoms with Gasteiger partial charge < -0.3 is 9.64 Å². The van der Waals surface area contributed by atoms with Crippen molar-refractivity contribution in [1.29, 1.82) is 0 Å². The molecule has 0 spiro atoms. The number of ether oxygens (including phenoxy) is 1. The van der Waals surface area contributed by atoms with E-state index in [2.05, 4.69) is 16.0 Å². The van der Waals surface area contributed by atoms with E-state index < -0.39 is 0 Å². The maximum absolute atomic E-state index is 6.42. The molecule has 0 radical (unpaired) electrons. The third-order valence-electron chi connectivity index (χ3n) is 5.12. The molecule has 0 aliphatic carbocycles. The van der Waals surface area contributed by atoms with Crippen LogP contribution in [-0.4, -0.2) is 34.6 Å². The SMILES string of the molecule is Clc1ccccc1C1CN(c2nc(-c3cccnc3)nc3ccccc23)CCO1. The monoisotopic (exact) mass is 402 g/mol. The normalized spacial score (nSPS) is 16.9. The molecule has 2 aromatic carbocycles. The lowest BCUT2D eigenvalue weighted by Crippen LogP contribution is -2.39. The summed E-state index contributed by atoms with van der Waals surface area (Å²) in [7, 11) is 0. The largest absolute Gasteiger partial charge is 0.370 e. The third kappa shape index (κ3) is 3.55. The first-order valence-corrected chi connectivity index (χ1v) is 9.95. The highest BCUT2D eigenvalue weighted by Gasteiger charge is 2.26. The van der Waals surface area contributed by atoms with Gasteiger partial charge in [-0.05, 0) is 30.3 Å². The van der Waals surface area contributed by atoms with Crippen LogP contribution in [0.2, 0.25) is 5.02 Å².